The standard InChI is InChI=1S/C28H27N5O5/c1-17-20(15-37-23(34)12-18-8-4-2-5-9-18)22(38-24(35)13-19-10-6-3-7-11-19)14-21(17)33-16-30-25-26(33)31-28(29)32-27(25)36/h2-11,16,20-22H,1,12-15H2,(H3,29,31,32,36)/t20-,21-,22-/m0/s1. The molecule has 0 saturated heterocycles. The van der Waals surface area contributed by atoms with Crippen molar-refractivity contribution in [1.29, 1.82) is 0 Å². The van der Waals surface area contributed by atoms with Crippen LogP contribution in [0.1, 0.15) is 23.6 Å². The molecule has 194 valence electrons. The van der Waals surface area contributed by atoms with Gasteiger partial charge in [0.2, 0.25) is 5.95 Å². The van der Waals surface area contributed by atoms with Gasteiger partial charge in [0.1, 0.15) is 12.7 Å². The Morgan fingerprint density at radius 3 is 2.32 bits per heavy atom. The van der Waals surface area contributed by atoms with E-state index in [1.54, 1.807) is 4.57 Å². The molecule has 1 saturated carbocycles. The summed E-state index contributed by atoms with van der Waals surface area (Å²) in [6, 6.07) is 18.2. The number of H-pyrrole nitrogens is 1. The highest BCUT2D eigenvalue weighted by Gasteiger charge is 2.42. The molecule has 2 aromatic heterocycles. The zero-order chi connectivity index (χ0) is 26.6. The summed E-state index contributed by atoms with van der Waals surface area (Å²) in [6.07, 6.45) is 1.47. The van der Waals surface area contributed by atoms with Gasteiger partial charge in [-0.2, -0.15) is 4.98 Å². The van der Waals surface area contributed by atoms with Gasteiger partial charge < -0.3 is 19.8 Å². The Bertz CT molecular complexity index is 1530. The largest absolute Gasteiger partial charge is 0.465 e. The van der Waals surface area contributed by atoms with Crippen molar-refractivity contribution in [1.82, 2.24) is 19.5 Å². The first-order valence-electron chi connectivity index (χ1n) is 12.2. The Labute approximate surface area is 218 Å². The second-order valence-corrected chi connectivity index (χ2v) is 9.24. The number of aromatic amines is 1. The number of nitrogen functional groups attached to an aromatic ring is 1. The van der Waals surface area contributed by atoms with Gasteiger partial charge in [0.25, 0.3) is 5.56 Å². The number of anilines is 1. The number of aromatic nitrogens is 4. The minimum absolute atomic E-state index is 0.00688. The Hall–Kier alpha value is -4.73. The van der Waals surface area contributed by atoms with Crippen LogP contribution < -0.4 is 11.3 Å². The van der Waals surface area contributed by atoms with E-state index in [1.807, 2.05) is 60.7 Å². The summed E-state index contributed by atoms with van der Waals surface area (Å²) in [7, 11) is 0. The molecule has 0 amide bonds. The second kappa shape index (κ2) is 10.7. The number of ether oxygens (including phenoxy) is 2. The van der Waals surface area contributed by atoms with Crippen molar-refractivity contribution in [3.05, 3.63) is 101 Å². The van der Waals surface area contributed by atoms with Crippen LogP contribution in [-0.2, 0) is 31.9 Å². The summed E-state index contributed by atoms with van der Waals surface area (Å²) >= 11 is 0. The van der Waals surface area contributed by atoms with Crippen molar-refractivity contribution in [3.8, 4) is 0 Å². The van der Waals surface area contributed by atoms with Crippen LogP contribution in [0, 0.1) is 5.92 Å². The summed E-state index contributed by atoms with van der Waals surface area (Å²) < 4.78 is 13.2. The number of nitrogens with one attached hydrogen (secondary N) is 1. The van der Waals surface area contributed by atoms with Crippen LogP contribution in [0.4, 0.5) is 5.95 Å². The van der Waals surface area contributed by atoms with Crippen molar-refractivity contribution in [3.63, 3.8) is 0 Å². The predicted octanol–water partition coefficient (Wildman–Crippen LogP) is 2.76. The van der Waals surface area contributed by atoms with Crippen molar-refractivity contribution >= 4 is 29.1 Å². The molecule has 1 aliphatic rings. The van der Waals surface area contributed by atoms with Crippen molar-refractivity contribution in [2.75, 3.05) is 12.3 Å². The molecular weight excluding hydrogens is 486 g/mol. The molecule has 4 aromatic rings. The van der Waals surface area contributed by atoms with Gasteiger partial charge >= 0.3 is 11.9 Å². The van der Waals surface area contributed by atoms with E-state index in [4.69, 9.17) is 15.2 Å². The zero-order valence-corrected chi connectivity index (χ0v) is 20.6. The lowest BCUT2D eigenvalue weighted by atomic mass is 10.0. The first-order valence-corrected chi connectivity index (χ1v) is 12.2. The highest BCUT2D eigenvalue weighted by molar-refractivity contribution is 5.74. The Morgan fingerprint density at radius 2 is 1.66 bits per heavy atom. The summed E-state index contributed by atoms with van der Waals surface area (Å²) in [5.41, 5.74) is 8.10. The third-order valence-corrected chi connectivity index (χ3v) is 6.68. The van der Waals surface area contributed by atoms with Crippen LogP contribution in [0.15, 0.2) is 83.9 Å². The van der Waals surface area contributed by atoms with Gasteiger partial charge in [-0.05, 0) is 16.7 Å². The average molecular weight is 514 g/mol. The number of rotatable bonds is 8. The fourth-order valence-electron chi connectivity index (χ4n) is 4.80. The van der Waals surface area contributed by atoms with E-state index in [0.29, 0.717) is 17.6 Å². The number of carbonyl (C=O) groups is 2. The molecule has 2 aromatic carbocycles. The van der Waals surface area contributed by atoms with Gasteiger partial charge in [0.05, 0.1) is 31.1 Å². The summed E-state index contributed by atoms with van der Waals surface area (Å²) in [4.78, 5) is 48.6. The summed E-state index contributed by atoms with van der Waals surface area (Å²) in [5, 5.41) is 0. The highest BCUT2D eigenvalue weighted by Crippen LogP contribution is 2.42. The summed E-state index contributed by atoms with van der Waals surface area (Å²) in [5.74, 6) is -1.29. The number of nitrogens with zero attached hydrogens (tertiary/aromatic N) is 3. The van der Waals surface area contributed by atoms with E-state index in [-0.39, 0.29) is 30.9 Å². The molecule has 1 aliphatic carbocycles. The molecule has 1 fully saturated rings. The highest BCUT2D eigenvalue weighted by atomic mass is 16.6. The van der Waals surface area contributed by atoms with Crippen molar-refractivity contribution in [2.24, 2.45) is 5.92 Å². The lowest BCUT2D eigenvalue weighted by Gasteiger charge is -2.20. The Balaban J connectivity index is 1.36. The van der Waals surface area contributed by atoms with E-state index >= 15 is 0 Å². The monoisotopic (exact) mass is 513 g/mol. The molecule has 0 bridgehead atoms. The van der Waals surface area contributed by atoms with Gasteiger partial charge in [0, 0.05) is 6.42 Å². The molecule has 0 aliphatic heterocycles. The minimum atomic E-state index is -0.606. The van der Waals surface area contributed by atoms with Gasteiger partial charge in [-0.3, -0.25) is 19.4 Å². The van der Waals surface area contributed by atoms with Crippen LogP contribution in [-0.4, -0.2) is 44.2 Å². The minimum Gasteiger partial charge on any atom is -0.465 e. The molecule has 2 heterocycles. The molecule has 38 heavy (non-hydrogen) atoms. The number of esters is 2. The zero-order valence-electron chi connectivity index (χ0n) is 20.6. The van der Waals surface area contributed by atoms with Gasteiger partial charge in [0.15, 0.2) is 11.2 Å². The molecular formula is C28H27N5O5. The van der Waals surface area contributed by atoms with E-state index in [2.05, 4.69) is 21.5 Å². The third kappa shape index (κ3) is 5.34. The van der Waals surface area contributed by atoms with Crippen LogP contribution in [0.2, 0.25) is 0 Å². The third-order valence-electron chi connectivity index (χ3n) is 6.68. The molecule has 3 atom stereocenters. The molecule has 10 nitrogen and oxygen atoms in total. The molecule has 0 spiro atoms. The van der Waals surface area contributed by atoms with E-state index < -0.39 is 35.6 Å². The van der Waals surface area contributed by atoms with Gasteiger partial charge in [-0.1, -0.05) is 67.2 Å². The molecule has 10 heteroatoms. The lowest BCUT2D eigenvalue weighted by Crippen LogP contribution is -2.28. The topological polar surface area (TPSA) is 142 Å². The Morgan fingerprint density at radius 1 is 1.03 bits per heavy atom. The average Bonchev–Trinajstić information content (AvgIpc) is 3.44. The SMILES string of the molecule is C=C1[C@H](COC(=O)Cc2ccccc2)[C@@H](OC(=O)Cc2ccccc2)C[C@@H]1n1cnc2c(=O)[nH]c(N)nc21. The smallest absolute Gasteiger partial charge is 0.310 e. The van der Waals surface area contributed by atoms with Crippen LogP contribution >= 0.6 is 0 Å². The maximum atomic E-state index is 12.8. The maximum Gasteiger partial charge on any atom is 0.310 e. The number of imidazole rings is 1. The van der Waals surface area contributed by atoms with Crippen LogP contribution in [0.3, 0.4) is 0 Å². The van der Waals surface area contributed by atoms with Gasteiger partial charge in [-0.25, -0.2) is 4.98 Å². The van der Waals surface area contributed by atoms with Crippen molar-refractivity contribution < 1.29 is 19.1 Å². The van der Waals surface area contributed by atoms with Crippen molar-refractivity contribution in [2.45, 2.75) is 31.4 Å². The predicted molar refractivity (Wildman–Crippen MR) is 140 cm³/mol. The van der Waals surface area contributed by atoms with E-state index in [9.17, 15) is 14.4 Å². The van der Waals surface area contributed by atoms with Gasteiger partial charge in [-0.15, -0.1) is 0 Å². The number of nitrogens with two attached hydrogens (primary N) is 1. The lowest BCUT2D eigenvalue weighted by molar-refractivity contribution is -0.152. The first kappa shape index (κ1) is 24.9. The second-order valence-electron chi connectivity index (χ2n) is 9.24. The molecule has 0 unspecified atom stereocenters. The number of hydrogen-bond acceptors (Lipinski definition) is 8. The van der Waals surface area contributed by atoms with E-state index in [0.717, 1.165) is 11.1 Å². The number of carbonyl (C=O) groups excluding carboxylic acids is 2. The number of benzene rings is 2. The molecule has 3 N–H and O–H groups in total. The quantitative estimate of drug-likeness (QED) is 0.271. The summed E-state index contributed by atoms with van der Waals surface area (Å²) in [6.45, 7) is 4.25. The van der Waals surface area contributed by atoms with E-state index in [1.165, 1.54) is 6.33 Å². The van der Waals surface area contributed by atoms with Crippen LogP contribution in [0.25, 0.3) is 11.2 Å². The fourth-order valence-corrected chi connectivity index (χ4v) is 4.80. The Kier molecular flexibility index (Phi) is 7.03. The number of hydrogen-bond donors (Lipinski definition) is 2. The number of fused-ring (bicyclic) bond motifs is 1. The fraction of sp³-hybridized carbons (Fsp3) is 0.250. The maximum absolute atomic E-state index is 12.8. The molecule has 5 rings (SSSR count). The molecule has 0 radical (unpaired) electrons. The normalized spacial score (nSPS) is 18.9. The van der Waals surface area contributed by atoms with Crippen LogP contribution in [0.5, 0.6) is 0 Å². The first-order chi connectivity index (χ1) is 18.4.